The summed E-state index contributed by atoms with van der Waals surface area (Å²) in [6, 6.07) is 0. The van der Waals surface area contributed by atoms with Gasteiger partial charge in [0, 0.05) is 13.7 Å². The van der Waals surface area contributed by atoms with Gasteiger partial charge in [-0.05, 0) is 12.5 Å². The highest BCUT2D eigenvalue weighted by molar-refractivity contribution is 5.65. The van der Waals surface area contributed by atoms with Crippen LogP contribution in [0.4, 0.5) is 0 Å². The normalized spacial score (nSPS) is 10.1. The summed E-state index contributed by atoms with van der Waals surface area (Å²) in [4.78, 5) is 9.52. The maximum Gasteiger partial charge on any atom is 0.225 e. The zero-order chi connectivity index (χ0) is 6.24. The van der Waals surface area contributed by atoms with Gasteiger partial charge in [0.15, 0.2) is 0 Å². The van der Waals surface area contributed by atoms with E-state index in [-0.39, 0.29) is 0 Å². The Kier molecular flexibility index (Phi) is 5.87. The molecule has 0 aromatic heterocycles. The number of allylic oxidation sites excluding steroid dienone is 1. The van der Waals surface area contributed by atoms with Crippen molar-refractivity contribution in [2.45, 2.75) is 6.42 Å². The fourth-order valence-electron chi connectivity index (χ4n) is 0.317. The Hall–Kier alpha value is -0.630. The summed E-state index contributed by atoms with van der Waals surface area (Å²) in [6.07, 6.45) is 5.49. The fourth-order valence-corrected chi connectivity index (χ4v) is 0.317. The van der Waals surface area contributed by atoms with E-state index in [9.17, 15) is 4.79 Å². The molecular weight excluding hydrogens is 104 g/mol. The highest BCUT2D eigenvalue weighted by atomic mass is 16.5. The lowest BCUT2D eigenvalue weighted by Crippen LogP contribution is -1.83. The standard InChI is InChI=1S/C6H9O2/c1-8-6-4-2-3-5-7/h2-3H,4,6H2,1H3. The summed E-state index contributed by atoms with van der Waals surface area (Å²) in [6.45, 7) is 0.665. The summed E-state index contributed by atoms with van der Waals surface area (Å²) in [5.41, 5.74) is 0. The van der Waals surface area contributed by atoms with Gasteiger partial charge in [-0.1, -0.05) is 6.08 Å². The molecule has 0 unspecified atom stereocenters. The van der Waals surface area contributed by atoms with Gasteiger partial charge in [0.05, 0.1) is 0 Å². The number of hydrogen-bond acceptors (Lipinski definition) is 2. The third-order valence-electron chi connectivity index (χ3n) is 0.675. The molecule has 2 nitrogen and oxygen atoms in total. The van der Waals surface area contributed by atoms with E-state index in [2.05, 4.69) is 0 Å². The first-order valence-electron chi connectivity index (χ1n) is 2.43. The van der Waals surface area contributed by atoms with Crippen molar-refractivity contribution in [3.05, 3.63) is 12.2 Å². The largest absolute Gasteiger partial charge is 0.384 e. The Morgan fingerprint density at radius 2 is 2.50 bits per heavy atom. The van der Waals surface area contributed by atoms with Crippen LogP contribution in [0.1, 0.15) is 6.42 Å². The molecule has 0 N–H and O–H groups in total. The van der Waals surface area contributed by atoms with Crippen LogP contribution < -0.4 is 0 Å². The smallest absolute Gasteiger partial charge is 0.225 e. The summed E-state index contributed by atoms with van der Waals surface area (Å²) >= 11 is 0. The van der Waals surface area contributed by atoms with E-state index in [1.165, 1.54) is 6.08 Å². The third kappa shape index (κ3) is 5.37. The van der Waals surface area contributed by atoms with E-state index in [0.717, 1.165) is 6.42 Å². The predicted octanol–water partition coefficient (Wildman–Crippen LogP) is 0.689. The van der Waals surface area contributed by atoms with Crippen molar-refractivity contribution < 1.29 is 9.53 Å². The van der Waals surface area contributed by atoms with Crippen LogP contribution in [0.5, 0.6) is 0 Å². The Morgan fingerprint density at radius 3 is 3.00 bits per heavy atom. The van der Waals surface area contributed by atoms with Gasteiger partial charge in [-0.25, -0.2) is 0 Å². The number of methoxy groups -OCH3 is 1. The summed E-state index contributed by atoms with van der Waals surface area (Å²) in [5.74, 6) is 0. The van der Waals surface area contributed by atoms with E-state index in [1.807, 2.05) is 0 Å². The molecule has 0 spiro atoms. The summed E-state index contributed by atoms with van der Waals surface area (Å²) < 4.78 is 4.71. The number of carbonyl (C=O) groups excluding carboxylic acids is 1. The molecule has 0 aliphatic carbocycles. The molecule has 8 heavy (non-hydrogen) atoms. The highest BCUT2D eigenvalue weighted by Gasteiger charge is 1.74. The molecule has 0 aliphatic heterocycles. The molecule has 0 rings (SSSR count). The van der Waals surface area contributed by atoms with Crippen molar-refractivity contribution in [3.63, 3.8) is 0 Å². The molecule has 2 heteroatoms. The van der Waals surface area contributed by atoms with Crippen LogP contribution in [-0.4, -0.2) is 20.0 Å². The van der Waals surface area contributed by atoms with E-state index in [0.29, 0.717) is 6.61 Å². The second-order valence-electron chi connectivity index (χ2n) is 1.30. The second-order valence-corrected chi connectivity index (χ2v) is 1.30. The zero-order valence-electron chi connectivity index (χ0n) is 4.89. The van der Waals surface area contributed by atoms with Crippen LogP contribution in [-0.2, 0) is 9.53 Å². The van der Waals surface area contributed by atoms with Crippen molar-refractivity contribution in [2.75, 3.05) is 13.7 Å². The minimum absolute atomic E-state index is 0.665. The molecule has 0 aliphatic rings. The van der Waals surface area contributed by atoms with Crippen LogP contribution in [0.15, 0.2) is 12.2 Å². The van der Waals surface area contributed by atoms with Crippen LogP contribution in [0.2, 0.25) is 0 Å². The Morgan fingerprint density at radius 1 is 1.75 bits per heavy atom. The van der Waals surface area contributed by atoms with Crippen LogP contribution in [0.25, 0.3) is 0 Å². The Labute approximate surface area is 49.1 Å². The quantitative estimate of drug-likeness (QED) is 0.396. The first kappa shape index (κ1) is 7.37. The number of hydrogen-bond donors (Lipinski definition) is 0. The Balaban J connectivity index is 2.91. The lowest BCUT2D eigenvalue weighted by Gasteiger charge is -1.87. The van der Waals surface area contributed by atoms with Crippen LogP contribution in [0.3, 0.4) is 0 Å². The average Bonchev–Trinajstić information content (AvgIpc) is 1.81. The second kappa shape index (κ2) is 6.37. The molecule has 0 atom stereocenters. The van der Waals surface area contributed by atoms with Gasteiger partial charge in [0.2, 0.25) is 6.29 Å². The molecule has 45 valence electrons. The van der Waals surface area contributed by atoms with E-state index < -0.39 is 0 Å². The molecule has 0 fully saturated rings. The molecule has 0 saturated heterocycles. The average molecular weight is 113 g/mol. The molecule has 0 saturated carbocycles. The summed E-state index contributed by atoms with van der Waals surface area (Å²) in [5, 5.41) is 0. The first-order valence-corrected chi connectivity index (χ1v) is 2.43. The molecule has 0 aromatic rings. The molecule has 0 bridgehead atoms. The molecule has 1 radical (unpaired) electrons. The number of ether oxygens (including phenoxy) is 1. The van der Waals surface area contributed by atoms with Gasteiger partial charge in [0.25, 0.3) is 0 Å². The molecular formula is C6H9O2. The lowest BCUT2D eigenvalue weighted by atomic mass is 10.4. The van der Waals surface area contributed by atoms with Crippen LogP contribution >= 0.6 is 0 Å². The van der Waals surface area contributed by atoms with Crippen molar-refractivity contribution in [1.29, 1.82) is 0 Å². The van der Waals surface area contributed by atoms with Crippen molar-refractivity contribution in [3.8, 4) is 0 Å². The zero-order valence-corrected chi connectivity index (χ0v) is 4.89. The molecule has 0 amide bonds. The van der Waals surface area contributed by atoms with E-state index >= 15 is 0 Å². The van der Waals surface area contributed by atoms with Gasteiger partial charge < -0.3 is 4.74 Å². The van der Waals surface area contributed by atoms with Crippen LogP contribution in [0, 0.1) is 0 Å². The van der Waals surface area contributed by atoms with Crippen molar-refractivity contribution in [1.82, 2.24) is 0 Å². The topological polar surface area (TPSA) is 26.3 Å². The van der Waals surface area contributed by atoms with Gasteiger partial charge in [-0.2, -0.15) is 0 Å². The minimum atomic E-state index is 0.665. The molecule has 0 heterocycles. The number of rotatable bonds is 4. The van der Waals surface area contributed by atoms with Gasteiger partial charge in [-0.3, -0.25) is 4.79 Å². The summed E-state index contributed by atoms with van der Waals surface area (Å²) in [7, 11) is 1.62. The van der Waals surface area contributed by atoms with E-state index in [4.69, 9.17) is 4.74 Å². The maximum atomic E-state index is 9.52. The van der Waals surface area contributed by atoms with Crippen molar-refractivity contribution >= 4 is 6.29 Å². The van der Waals surface area contributed by atoms with E-state index in [1.54, 1.807) is 19.5 Å². The molecule has 0 aromatic carbocycles. The maximum absolute atomic E-state index is 9.52. The van der Waals surface area contributed by atoms with Gasteiger partial charge in [0.1, 0.15) is 0 Å². The SMILES string of the molecule is COCCC=C[C]=O. The third-order valence-corrected chi connectivity index (χ3v) is 0.675. The predicted molar refractivity (Wildman–Crippen MR) is 31.3 cm³/mol. The van der Waals surface area contributed by atoms with Gasteiger partial charge in [-0.15, -0.1) is 0 Å². The monoisotopic (exact) mass is 113 g/mol. The van der Waals surface area contributed by atoms with Crippen molar-refractivity contribution in [2.24, 2.45) is 0 Å². The fraction of sp³-hybridized carbons (Fsp3) is 0.500. The first-order chi connectivity index (χ1) is 3.91. The Bertz CT molecular complexity index is 76.6. The lowest BCUT2D eigenvalue weighted by molar-refractivity contribution is 0.204. The van der Waals surface area contributed by atoms with Gasteiger partial charge >= 0.3 is 0 Å². The minimum Gasteiger partial charge on any atom is -0.384 e. The highest BCUT2D eigenvalue weighted by Crippen LogP contribution is 1.79.